The molecular weight excluding hydrogens is 256 g/mol. The van der Waals surface area contributed by atoms with E-state index in [4.69, 9.17) is 0 Å². The summed E-state index contributed by atoms with van der Waals surface area (Å²) in [6.07, 6.45) is 2.67. The van der Waals surface area contributed by atoms with Crippen molar-refractivity contribution in [2.75, 3.05) is 0 Å². The van der Waals surface area contributed by atoms with Gasteiger partial charge in [-0.1, -0.05) is 31.5 Å². The number of fused-ring (bicyclic) bond motifs is 1. The molecule has 0 saturated heterocycles. The lowest BCUT2D eigenvalue weighted by atomic mass is 9.95. The number of aromatic amines is 1. The van der Waals surface area contributed by atoms with E-state index in [-0.39, 0.29) is 5.91 Å². The van der Waals surface area contributed by atoms with Crippen molar-refractivity contribution in [3.05, 3.63) is 36.0 Å². The number of amides is 1. The first-order chi connectivity index (χ1) is 9.48. The van der Waals surface area contributed by atoms with Gasteiger partial charge in [-0.15, -0.1) is 0 Å². The number of H-pyrrole nitrogens is 1. The van der Waals surface area contributed by atoms with Crippen molar-refractivity contribution in [2.45, 2.75) is 32.2 Å². The first kappa shape index (κ1) is 14.1. The summed E-state index contributed by atoms with van der Waals surface area (Å²) in [4.78, 5) is 26.7. The summed E-state index contributed by atoms with van der Waals surface area (Å²) < 4.78 is 0. The van der Waals surface area contributed by atoms with E-state index in [0.29, 0.717) is 18.4 Å². The predicted molar refractivity (Wildman–Crippen MR) is 76.7 cm³/mol. The molecular formula is C15H18N2O3. The first-order valence-corrected chi connectivity index (χ1v) is 6.60. The van der Waals surface area contributed by atoms with Crippen molar-refractivity contribution < 1.29 is 14.7 Å². The summed E-state index contributed by atoms with van der Waals surface area (Å²) in [5, 5.41) is 12.7. The lowest BCUT2D eigenvalue weighted by molar-refractivity contribution is -0.144. The Labute approximate surface area is 117 Å². The van der Waals surface area contributed by atoms with Gasteiger partial charge in [0.25, 0.3) is 5.91 Å². The highest BCUT2D eigenvalue weighted by Crippen LogP contribution is 2.20. The summed E-state index contributed by atoms with van der Waals surface area (Å²) in [6.45, 7) is 3.42. The normalized spacial score (nSPS) is 13.9. The molecule has 3 N–H and O–H groups in total. The largest absolute Gasteiger partial charge is 0.480 e. The van der Waals surface area contributed by atoms with E-state index in [9.17, 15) is 14.7 Å². The predicted octanol–water partition coefficient (Wildman–Crippen LogP) is 2.54. The molecule has 1 atom stereocenters. The average Bonchev–Trinajstić information content (AvgIpc) is 2.82. The maximum atomic E-state index is 12.3. The lowest BCUT2D eigenvalue weighted by Crippen LogP contribution is -2.52. The van der Waals surface area contributed by atoms with Crippen LogP contribution in [-0.2, 0) is 4.79 Å². The number of rotatable bonds is 5. The van der Waals surface area contributed by atoms with Gasteiger partial charge in [0, 0.05) is 17.1 Å². The zero-order valence-electron chi connectivity index (χ0n) is 11.6. The number of nitrogens with one attached hydrogen (secondary N) is 2. The summed E-state index contributed by atoms with van der Waals surface area (Å²) in [5.74, 6) is -1.40. The quantitative estimate of drug-likeness (QED) is 0.783. The van der Waals surface area contributed by atoms with Gasteiger partial charge in [0.2, 0.25) is 0 Å². The number of aromatic nitrogens is 1. The Balaban J connectivity index is 2.29. The minimum atomic E-state index is -1.25. The molecule has 0 aliphatic heterocycles. The molecule has 1 heterocycles. The van der Waals surface area contributed by atoms with Gasteiger partial charge in [-0.05, 0) is 19.4 Å². The van der Waals surface area contributed by atoms with E-state index in [1.807, 2.05) is 31.2 Å². The first-order valence-electron chi connectivity index (χ1n) is 6.60. The summed E-state index contributed by atoms with van der Waals surface area (Å²) >= 11 is 0. The molecule has 106 valence electrons. The number of hydrogen-bond donors (Lipinski definition) is 3. The molecule has 0 bridgehead atoms. The molecule has 2 rings (SSSR count). The highest BCUT2D eigenvalue weighted by molar-refractivity contribution is 6.08. The molecule has 0 fully saturated rings. The van der Waals surface area contributed by atoms with Crippen LogP contribution in [0.25, 0.3) is 10.9 Å². The Bertz CT molecular complexity index is 647. The van der Waals surface area contributed by atoms with Crippen LogP contribution in [-0.4, -0.2) is 27.5 Å². The van der Waals surface area contributed by atoms with Crippen molar-refractivity contribution in [3.63, 3.8) is 0 Å². The van der Waals surface area contributed by atoms with E-state index in [2.05, 4.69) is 10.3 Å². The van der Waals surface area contributed by atoms with Crippen LogP contribution in [0.3, 0.4) is 0 Å². The van der Waals surface area contributed by atoms with E-state index < -0.39 is 11.5 Å². The number of carbonyl (C=O) groups is 2. The fourth-order valence-electron chi connectivity index (χ4n) is 2.30. The fourth-order valence-corrected chi connectivity index (χ4v) is 2.30. The second kappa shape index (κ2) is 5.36. The van der Waals surface area contributed by atoms with Gasteiger partial charge in [0.05, 0.1) is 5.56 Å². The van der Waals surface area contributed by atoms with Crippen LogP contribution in [0.15, 0.2) is 30.5 Å². The molecule has 2 aromatic rings. The van der Waals surface area contributed by atoms with Crippen molar-refractivity contribution in [2.24, 2.45) is 0 Å². The third kappa shape index (κ3) is 2.52. The number of carbonyl (C=O) groups excluding carboxylic acids is 1. The SMILES string of the molecule is CCCC(C)(NC(=O)c1c[nH]c2ccccc12)C(=O)O. The van der Waals surface area contributed by atoms with Gasteiger partial charge in [-0.2, -0.15) is 0 Å². The van der Waals surface area contributed by atoms with E-state index in [1.165, 1.54) is 6.92 Å². The Kier molecular flexibility index (Phi) is 3.79. The molecule has 1 aromatic heterocycles. The van der Waals surface area contributed by atoms with Crippen LogP contribution in [0.4, 0.5) is 0 Å². The third-order valence-electron chi connectivity index (χ3n) is 3.45. The molecule has 1 aromatic carbocycles. The van der Waals surface area contributed by atoms with Crippen LogP contribution in [0.2, 0.25) is 0 Å². The summed E-state index contributed by atoms with van der Waals surface area (Å²) in [7, 11) is 0. The van der Waals surface area contributed by atoms with Gasteiger partial charge < -0.3 is 15.4 Å². The van der Waals surface area contributed by atoms with E-state index >= 15 is 0 Å². The standard InChI is InChI=1S/C15H18N2O3/c1-3-8-15(2,14(19)20)17-13(18)11-9-16-12-7-5-4-6-10(11)12/h4-7,9,16H,3,8H2,1-2H3,(H,17,18)(H,19,20). The Morgan fingerprint density at radius 2 is 2.05 bits per heavy atom. The second-order valence-electron chi connectivity index (χ2n) is 5.09. The van der Waals surface area contributed by atoms with Crippen LogP contribution in [0.5, 0.6) is 0 Å². The van der Waals surface area contributed by atoms with Gasteiger partial charge in [0.1, 0.15) is 5.54 Å². The zero-order valence-corrected chi connectivity index (χ0v) is 11.6. The van der Waals surface area contributed by atoms with Gasteiger partial charge in [0.15, 0.2) is 0 Å². The fraction of sp³-hybridized carbons (Fsp3) is 0.333. The molecule has 0 aliphatic rings. The molecule has 20 heavy (non-hydrogen) atoms. The van der Waals surface area contributed by atoms with Crippen LogP contribution in [0, 0.1) is 0 Å². The van der Waals surface area contributed by atoms with Crippen molar-refractivity contribution in [1.29, 1.82) is 0 Å². The lowest BCUT2D eigenvalue weighted by Gasteiger charge is -2.25. The number of hydrogen-bond acceptors (Lipinski definition) is 2. The molecule has 0 aliphatic carbocycles. The molecule has 0 spiro atoms. The minimum Gasteiger partial charge on any atom is -0.480 e. The number of aliphatic carboxylic acids is 1. The molecule has 5 heteroatoms. The highest BCUT2D eigenvalue weighted by Gasteiger charge is 2.34. The van der Waals surface area contributed by atoms with Crippen molar-refractivity contribution in [1.82, 2.24) is 10.3 Å². The van der Waals surface area contributed by atoms with Crippen LogP contribution >= 0.6 is 0 Å². The summed E-state index contributed by atoms with van der Waals surface area (Å²) in [5.41, 5.74) is 0.0684. The molecule has 5 nitrogen and oxygen atoms in total. The third-order valence-corrected chi connectivity index (χ3v) is 3.45. The van der Waals surface area contributed by atoms with E-state index in [1.54, 1.807) is 6.20 Å². The van der Waals surface area contributed by atoms with Crippen LogP contribution < -0.4 is 5.32 Å². The highest BCUT2D eigenvalue weighted by atomic mass is 16.4. The Hall–Kier alpha value is -2.30. The average molecular weight is 274 g/mol. The van der Waals surface area contributed by atoms with E-state index in [0.717, 1.165) is 10.9 Å². The number of carboxylic acids is 1. The maximum absolute atomic E-state index is 12.3. The molecule has 1 amide bonds. The molecule has 0 saturated carbocycles. The molecule has 1 unspecified atom stereocenters. The maximum Gasteiger partial charge on any atom is 0.329 e. The zero-order chi connectivity index (χ0) is 14.8. The van der Waals surface area contributed by atoms with Gasteiger partial charge in [-0.25, -0.2) is 4.79 Å². The van der Waals surface area contributed by atoms with Crippen molar-refractivity contribution in [3.8, 4) is 0 Å². The second-order valence-corrected chi connectivity index (χ2v) is 5.09. The topological polar surface area (TPSA) is 82.2 Å². The Morgan fingerprint density at radius 1 is 1.35 bits per heavy atom. The number of para-hydroxylation sites is 1. The van der Waals surface area contributed by atoms with Gasteiger partial charge >= 0.3 is 5.97 Å². The minimum absolute atomic E-state index is 0.374. The van der Waals surface area contributed by atoms with Crippen LogP contribution in [0.1, 0.15) is 37.0 Å². The number of benzene rings is 1. The van der Waals surface area contributed by atoms with Gasteiger partial charge in [-0.3, -0.25) is 4.79 Å². The monoisotopic (exact) mass is 274 g/mol. The Morgan fingerprint density at radius 3 is 2.70 bits per heavy atom. The van der Waals surface area contributed by atoms with Crippen molar-refractivity contribution >= 4 is 22.8 Å². The molecule has 0 radical (unpaired) electrons. The smallest absolute Gasteiger partial charge is 0.329 e. The summed E-state index contributed by atoms with van der Waals surface area (Å²) in [6, 6.07) is 7.42. The number of carboxylic acid groups (broad SMARTS) is 1.